The Bertz CT molecular complexity index is 1320. The number of aromatic amines is 2. The number of hydrogen-bond acceptors (Lipinski definition) is 3. The Morgan fingerprint density at radius 3 is 2.74 bits per heavy atom. The zero-order valence-electron chi connectivity index (χ0n) is 16.5. The van der Waals surface area contributed by atoms with Crippen LogP contribution in [-0.4, -0.2) is 25.6 Å². The summed E-state index contributed by atoms with van der Waals surface area (Å²) >= 11 is 5.98. The molecule has 2 aromatic heterocycles. The third-order valence-corrected chi connectivity index (χ3v) is 6.08. The molecule has 0 bridgehead atoms. The highest BCUT2D eigenvalue weighted by Gasteiger charge is 2.27. The Morgan fingerprint density at radius 2 is 1.94 bits per heavy atom. The van der Waals surface area contributed by atoms with Crippen molar-refractivity contribution >= 4 is 28.5 Å². The van der Waals surface area contributed by atoms with Crippen LogP contribution in [0.15, 0.2) is 41.5 Å². The van der Waals surface area contributed by atoms with E-state index in [-0.39, 0.29) is 28.1 Å². The number of imidazole rings is 2. The number of aromatic nitrogens is 4. The van der Waals surface area contributed by atoms with Gasteiger partial charge in [-0.3, -0.25) is 9.55 Å². The Hall–Kier alpha value is -3.13. The molecule has 0 amide bonds. The first kappa shape index (κ1) is 19.8. The molecule has 1 fully saturated rings. The normalized spacial score (nSPS) is 14.9. The number of halogens is 3. The molecule has 9 heteroatoms. The molecule has 0 spiro atoms. The first-order valence-corrected chi connectivity index (χ1v) is 10.6. The summed E-state index contributed by atoms with van der Waals surface area (Å²) < 4.78 is 31.2. The predicted molar refractivity (Wildman–Crippen MR) is 117 cm³/mol. The van der Waals surface area contributed by atoms with Gasteiger partial charge in [0.15, 0.2) is 5.82 Å². The predicted octanol–water partition coefficient (Wildman–Crippen LogP) is 5.39. The molecule has 0 atom stereocenters. The Balaban J connectivity index is 1.74. The molecule has 1 saturated carbocycles. The molecule has 160 valence electrons. The van der Waals surface area contributed by atoms with Crippen LogP contribution in [0.2, 0.25) is 5.02 Å². The van der Waals surface area contributed by atoms with Crippen molar-refractivity contribution in [3.8, 4) is 16.9 Å². The van der Waals surface area contributed by atoms with Crippen molar-refractivity contribution in [2.24, 2.45) is 0 Å². The summed E-state index contributed by atoms with van der Waals surface area (Å²) in [6.45, 7) is 0. The molecule has 0 saturated heterocycles. The molecular weight excluding hydrogens is 424 g/mol. The zero-order chi connectivity index (χ0) is 21.5. The van der Waals surface area contributed by atoms with E-state index in [9.17, 15) is 9.18 Å². The number of fused-ring (bicyclic) bond motifs is 1. The van der Waals surface area contributed by atoms with E-state index < -0.39 is 17.3 Å². The van der Waals surface area contributed by atoms with Crippen molar-refractivity contribution in [3.05, 3.63) is 63.8 Å². The van der Waals surface area contributed by atoms with Gasteiger partial charge in [0.25, 0.3) is 0 Å². The van der Waals surface area contributed by atoms with Crippen molar-refractivity contribution in [2.45, 2.75) is 38.1 Å². The Kier molecular flexibility index (Phi) is 5.02. The summed E-state index contributed by atoms with van der Waals surface area (Å²) in [6.07, 6.45) is 6.68. The number of benzene rings is 2. The van der Waals surface area contributed by atoms with Crippen LogP contribution in [-0.2, 0) is 0 Å². The monoisotopic (exact) mass is 443 g/mol. The van der Waals surface area contributed by atoms with Crippen molar-refractivity contribution in [1.82, 2.24) is 19.5 Å². The number of nitrogens with zero attached hydrogens (tertiary/aromatic N) is 2. The van der Waals surface area contributed by atoms with Crippen LogP contribution in [0.4, 0.5) is 14.6 Å². The van der Waals surface area contributed by atoms with Gasteiger partial charge in [-0.05, 0) is 43.2 Å². The maximum atomic E-state index is 15.1. The lowest BCUT2D eigenvalue weighted by atomic mass is 9.95. The fourth-order valence-corrected chi connectivity index (χ4v) is 4.44. The lowest BCUT2D eigenvalue weighted by Crippen LogP contribution is -2.23. The van der Waals surface area contributed by atoms with E-state index in [1.54, 1.807) is 24.5 Å². The molecular formula is C22H20ClF2N5O. The van der Waals surface area contributed by atoms with E-state index >= 15 is 4.39 Å². The number of rotatable bonds is 4. The molecule has 2 heterocycles. The molecule has 1 aliphatic carbocycles. The van der Waals surface area contributed by atoms with Gasteiger partial charge in [-0.15, -0.1) is 0 Å². The summed E-state index contributed by atoms with van der Waals surface area (Å²) in [5, 5.41) is 3.09. The molecule has 3 N–H and O–H groups in total. The van der Waals surface area contributed by atoms with Crippen LogP contribution < -0.4 is 11.0 Å². The number of hydrogen-bond donors (Lipinski definition) is 3. The zero-order valence-corrected chi connectivity index (χ0v) is 17.3. The summed E-state index contributed by atoms with van der Waals surface area (Å²) in [5.41, 5.74) is 1.08. The first-order chi connectivity index (χ1) is 15.0. The second-order valence-corrected chi connectivity index (χ2v) is 8.20. The van der Waals surface area contributed by atoms with Crippen LogP contribution in [0, 0.1) is 11.6 Å². The van der Waals surface area contributed by atoms with Gasteiger partial charge in [0, 0.05) is 6.04 Å². The van der Waals surface area contributed by atoms with Crippen LogP contribution >= 0.6 is 11.6 Å². The van der Waals surface area contributed by atoms with E-state index in [1.165, 1.54) is 4.57 Å². The molecule has 2 aromatic carbocycles. The van der Waals surface area contributed by atoms with Gasteiger partial charge in [0.2, 0.25) is 0 Å². The van der Waals surface area contributed by atoms with Gasteiger partial charge < -0.3 is 10.3 Å². The minimum atomic E-state index is -0.913. The van der Waals surface area contributed by atoms with Gasteiger partial charge in [-0.1, -0.05) is 30.9 Å². The van der Waals surface area contributed by atoms with Crippen LogP contribution in [0.3, 0.4) is 0 Å². The highest BCUT2D eigenvalue weighted by atomic mass is 35.5. The Labute approximate surface area is 181 Å². The van der Waals surface area contributed by atoms with Gasteiger partial charge in [0.1, 0.15) is 17.3 Å². The lowest BCUT2D eigenvalue weighted by molar-refractivity contribution is 0.462. The largest absolute Gasteiger partial charge is 0.367 e. The third-order valence-electron chi connectivity index (χ3n) is 5.79. The first-order valence-electron chi connectivity index (χ1n) is 10.2. The minimum Gasteiger partial charge on any atom is -0.367 e. The lowest BCUT2D eigenvalue weighted by Gasteiger charge is -2.24. The second-order valence-electron chi connectivity index (χ2n) is 7.79. The van der Waals surface area contributed by atoms with Gasteiger partial charge >= 0.3 is 5.69 Å². The summed E-state index contributed by atoms with van der Waals surface area (Å²) in [4.78, 5) is 23.0. The quantitative estimate of drug-likeness (QED) is 0.370. The topological polar surface area (TPSA) is 78.5 Å². The maximum Gasteiger partial charge on any atom is 0.332 e. The highest BCUT2D eigenvalue weighted by molar-refractivity contribution is 6.31. The van der Waals surface area contributed by atoms with Gasteiger partial charge in [-0.25, -0.2) is 18.6 Å². The van der Waals surface area contributed by atoms with E-state index in [4.69, 9.17) is 11.6 Å². The molecule has 0 radical (unpaired) electrons. The van der Waals surface area contributed by atoms with E-state index in [0.29, 0.717) is 11.2 Å². The summed E-state index contributed by atoms with van der Waals surface area (Å²) in [6, 6.07) is 7.52. The van der Waals surface area contributed by atoms with Crippen molar-refractivity contribution in [1.29, 1.82) is 0 Å². The molecule has 6 nitrogen and oxygen atoms in total. The third kappa shape index (κ3) is 3.50. The van der Waals surface area contributed by atoms with E-state index in [2.05, 4.69) is 20.3 Å². The number of H-pyrrole nitrogens is 2. The average Bonchev–Trinajstić information content (AvgIpc) is 3.35. The van der Waals surface area contributed by atoms with Crippen molar-refractivity contribution < 1.29 is 8.78 Å². The molecule has 0 unspecified atom stereocenters. The number of nitrogens with one attached hydrogen (secondary N) is 3. The SMILES string of the molecule is O=c1[nH]c(NC2CCCCC2)c(-c2c(F)ccc(Cl)c2F)n1-c1ccc2nc[nH]c2c1. The molecule has 4 aromatic rings. The summed E-state index contributed by atoms with van der Waals surface area (Å²) in [5.74, 6) is -1.44. The smallest absolute Gasteiger partial charge is 0.332 e. The van der Waals surface area contributed by atoms with E-state index in [1.807, 2.05) is 0 Å². The second kappa shape index (κ2) is 7.85. The number of anilines is 1. The van der Waals surface area contributed by atoms with Crippen LogP contribution in [0.25, 0.3) is 28.0 Å². The molecule has 0 aliphatic heterocycles. The standard InChI is InChI=1S/C22H20ClF2N5O/c23-14-7-8-15(24)18(19(14)25)20-21(28-12-4-2-1-3-5-12)29-22(31)30(20)13-6-9-16-17(10-13)27-11-26-16/h6-12,28H,1-5H2,(H,26,27)(H,29,31). The van der Waals surface area contributed by atoms with E-state index in [0.717, 1.165) is 49.8 Å². The summed E-state index contributed by atoms with van der Waals surface area (Å²) in [7, 11) is 0. The molecule has 1 aliphatic rings. The maximum absolute atomic E-state index is 15.1. The fourth-order valence-electron chi connectivity index (χ4n) is 4.28. The molecule has 31 heavy (non-hydrogen) atoms. The van der Waals surface area contributed by atoms with Crippen molar-refractivity contribution in [2.75, 3.05) is 5.32 Å². The fraction of sp³-hybridized carbons (Fsp3) is 0.273. The van der Waals surface area contributed by atoms with Crippen LogP contribution in [0.1, 0.15) is 32.1 Å². The highest BCUT2D eigenvalue weighted by Crippen LogP contribution is 2.36. The molecule has 5 rings (SSSR count). The average molecular weight is 444 g/mol. The van der Waals surface area contributed by atoms with Crippen molar-refractivity contribution in [3.63, 3.8) is 0 Å². The Morgan fingerprint density at radius 1 is 1.13 bits per heavy atom. The van der Waals surface area contributed by atoms with Crippen LogP contribution in [0.5, 0.6) is 0 Å². The van der Waals surface area contributed by atoms with Gasteiger partial charge in [0.05, 0.1) is 33.6 Å². The van der Waals surface area contributed by atoms with Gasteiger partial charge in [-0.2, -0.15) is 0 Å². The minimum absolute atomic E-state index is 0.0759.